The Bertz CT molecular complexity index is 2630. The fraction of sp³-hybridized carbons (Fsp3) is 0.273. The molecule has 0 spiro atoms. The van der Waals surface area contributed by atoms with Crippen molar-refractivity contribution in [3.63, 3.8) is 0 Å². The van der Waals surface area contributed by atoms with Gasteiger partial charge in [-0.2, -0.15) is 10.2 Å². The number of nitrogens with zero attached hydrogens (tertiary/aromatic N) is 8. The summed E-state index contributed by atoms with van der Waals surface area (Å²) in [5.74, 6) is 0.107. The van der Waals surface area contributed by atoms with Crippen molar-refractivity contribution in [3.05, 3.63) is 120 Å². The minimum atomic E-state index is -0.409. The second-order valence-corrected chi connectivity index (χ2v) is 16.6. The van der Waals surface area contributed by atoms with Crippen LogP contribution in [0.15, 0.2) is 109 Å². The third-order valence-electron chi connectivity index (χ3n) is 9.29. The van der Waals surface area contributed by atoms with Crippen molar-refractivity contribution in [1.82, 2.24) is 44.5 Å². The van der Waals surface area contributed by atoms with E-state index in [1.807, 2.05) is 73.4 Å². The Kier molecular flexibility index (Phi) is 16.6. The number of nitrogens with two attached hydrogens (primary N) is 1. The molecular formula is C44H45BrF2N10O2S2. The van der Waals surface area contributed by atoms with Gasteiger partial charge in [-0.3, -0.25) is 23.9 Å². The number of ketones is 2. The number of carbonyl (C=O) groups is 2. The molecule has 0 aliphatic rings. The predicted octanol–water partition coefficient (Wildman–Crippen LogP) is 9.61. The first-order valence-electron chi connectivity index (χ1n) is 19.6. The Morgan fingerprint density at radius 2 is 1.23 bits per heavy atom. The first-order chi connectivity index (χ1) is 29.7. The SMILES string of the molecule is C[C@@H](CCC(=O)c1ccnc(-c2cnn3ccc(-c4cccs4)nc23)c1)NCCF.C[C@H](N)CCC(=O)c1ccnc(-c2cnn3ccc(-c4cccs4)nc23)c1.FCCBr. The van der Waals surface area contributed by atoms with Crippen LogP contribution in [0.25, 0.3) is 55.0 Å². The molecule has 0 aromatic carbocycles. The van der Waals surface area contributed by atoms with Crippen LogP contribution in [0.5, 0.6) is 0 Å². The third kappa shape index (κ3) is 12.1. The highest BCUT2D eigenvalue weighted by Gasteiger charge is 2.16. The lowest BCUT2D eigenvalue weighted by atomic mass is 10.0. The standard InChI is InChI=1S/C22H22FN5OS.C20H19N5OS.C2H4BrF/c1-15(24-10-8-23)4-5-20(29)16-6-9-25-19(13-16)17-14-26-28-11-7-18(27-22(17)28)21-3-2-12-30-21;1-13(21)4-5-18(26)14-6-8-22-17(11-14)15-12-23-25-9-7-16(24-20(15)25)19-3-2-10-27-19;3-1-2-4/h2-3,6-7,9,11-15,24H,4-5,8,10H2,1H3;2-3,6-13H,4-5,21H2,1H3;1-2H2/t15-;13-;/m00./s1. The molecule has 0 aliphatic heterocycles. The number of aromatic nitrogens is 8. The molecule has 0 aliphatic carbocycles. The highest BCUT2D eigenvalue weighted by Crippen LogP contribution is 2.29. The van der Waals surface area contributed by atoms with Gasteiger partial charge in [-0.05, 0) is 86.0 Å². The number of fused-ring (bicyclic) bond motifs is 2. The first kappa shape index (κ1) is 45.1. The summed E-state index contributed by atoms with van der Waals surface area (Å²) < 4.78 is 26.4. The van der Waals surface area contributed by atoms with E-state index in [1.165, 1.54) is 0 Å². The molecule has 0 saturated heterocycles. The van der Waals surface area contributed by atoms with Gasteiger partial charge in [0.2, 0.25) is 0 Å². The molecule has 0 radical (unpaired) electrons. The van der Waals surface area contributed by atoms with E-state index in [1.54, 1.807) is 80.8 Å². The maximum Gasteiger partial charge on any atom is 0.165 e. The van der Waals surface area contributed by atoms with Gasteiger partial charge >= 0.3 is 0 Å². The molecule has 8 heterocycles. The number of hydrogen-bond donors (Lipinski definition) is 2. The quantitative estimate of drug-likeness (QED) is 0.0706. The number of alkyl halides is 3. The van der Waals surface area contributed by atoms with Crippen LogP contribution in [0, 0.1) is 0 Å². The Hall–Kier alpha value is -5.46. The maximum absolute atomic E-state index is 12.7. The fourth-order valence-electron chi connectivity index (χ4n) is 6.12. The molecule has 8 rings (SSSR count). The van der Waals surface area contributed by atoms with E-state index in [9.17, 15) is 18.4 Å². The van der Waals surface area contributed by atoms with Crippen molar-refractivity contribution < 1.29 is 18.4 Å². The second kappa shape index (κ2) is 22.4. The summed E-state index contributed by atoms with van der Waals surface area (Å²) in [4.78, 5) is 45.7. The van der Waals surface area contributed by atoms with Crippen molar-refractivity contribution in [2.45, 2.75) is 51.6 Å². The maximum atomic E-state index is 12.7. The number of nitrogens with one attached hydrogen (secondary N) is 1. The molecule has 3 N–H and O–H groups in total. The van der Waals surface area contributed by atoms with Crippen molar-refractivity contribution in [3.8, 4) is 43.7 Å². The summed E-state index contributed by atoms with van der Waals surface area (Å²) in [5, 5.41) is 16.3. The second-order valence-electron chi connectivity index (χ2n) is 13.9. The van der Waals surface area contributed by atoms with Crippen LogP contribution < -0.4 is 11.1 Å². The van der Waals surface area contributed by atoms with E-state index in [-0.39, 0.29) is 30.3 Å². The number of pyridine rings is 2. The van der Waals surface area contributed by atoms with Gasteiger partial charge < -0.3 is 11.1 Å². The molecule has 17 heteroatoms. The molecule has 316 valence electrons. The minimum Gasteiger partial charge on any atom is -0.328 e. The van der Waals surface area contributed by atoms with Crippen molar-refractivity contribution in [2.24, 2.45) is 5.73 Å². The van der Waals surface area contributed by atoms with Gasteiger partial charge in [-0.1, -0.05) is 28.1 Å². The first-order valence-corrected chi connectivity index (χ1v) is 22.5. The lowest BCUT2D eigenvalue weighted by Gasteiger charge is -2.11. The van der Waals surface area contributed by atoms with Crippen LogP contribution in [-0.4, -0.2) is 88.0 Å². The molecule has 0 saturated carbocycles. The largest absolute Gasteiger partial charge is 0.328 e. The van der Waals surface area contributed by atoms with E-state index < -0.39 is 6.67 Å². The number of halogens is 3. The molecular weight excluding hydrogens is 883 g/mol. The van der Waals surface area contributed by atoms with Gasteiger partial charge in [0.05, 0.1) is 62.7 Å². The van der Waals surface area contributed by atoms with E-state index in [0.717, 1.165) is 32.3 Å². The van der Waals surface area contributed by atoms with Gasteiger partial charge in [0.25, 0.3) is 0 Å². The van der Waals surface area contributed by atoms with Crippen LogP contribution in [0.1, 0.15) is 60.2 Å². The summed E-state index contributed by atoms with van der Waals surface area (Å²) in [6, 6.07) is 19.1. The Morgan fingerprint density at radius 1 is 0.738 bits per heavy atom. The molecule has 2 atom stereocenters. The third-order valence-corrected chi connectivity index (χ3v) is 11.4. The van der Waals surface area contributed by atoms with Gasteiger partial charge in [0.1, 0.15) is 6.67 Å². The average Bonchev–Trinajstić information content (AvgIpc) is 4.15. The van der Waals surface area contributed by atoms with Crippen molar-refractivity contribution >= 4 is 61.5 Å². The molecule has 8 aromatic heterocycles. The highest BCUT2D eigenvalue weighted by molar-refractivity contribution is 9.09. The number of Topliss-reactive ketones (excluding diaryl/α,β-unsaturated/α-hetero) is 2. The van der Waals surface area contributed by atoms with Crippen LogP contribution in [0.3, 0.4) is 0 Å². The summed E-state index contributed by atoms with van der Waals surface area (Å²) >= 11 is 6.14. The van der Waals surface area contributed by atoms with Crippen molar-refractivity contribution in [1.29, 1.82) is 0 Å². The predicted molar refractivity (Wildman–Crippen MR) is 243 cm³/mol. The zero-order chi connectivity index (χ0) is 43.1. The minimum absolute atomic E-state index is 0.00903. The normalized spacial score (nSPS) is 12.0. The van der Waals surface area contributed by atoms with E-state index in [4.69, 9.17) is 15.7 Å². The number of hydrogen-bond acceptors (Lipinski definition) is 12. The molecule has 61 heavy (non-hydrogen) atoms. The summed E-state index contributed by atoms with van der Waals surface area (Å²) in [6.07, 6.45) is 12.6. The van der Waals surface area contributed by atoms with E-state index in [2.05, 4.69) is 41.4 Å². The fourth-order valence-corrected chi connectivity index (χ4v) is 7.51. The zero-order valence-corrected chi connectivity index (χ0v) is 36.8. The van der Waals surface area contributed by atoms with Crippen LogP contribution in [0.2, 0.25) is 0 Å². The van der Waals surface area contributed by atoms with E-state index >= 15 is 0 Å². The Balaban J connectivity index is 0.000000189. The smallest absolute Gasteiger partial charge is 0.165 e. The van der Waals surface area contributed by atoms with Crippen molar-refractivity contribution in [2.75, 3.05) is 25.2 Å². The van der Waals surface area contributed by atoms with Gasteiger partial charge in [-0.15, -0.1) is 22.7 Å². The highest BCUT2D eigenvalue weighted by atomic mass is 79.9. The number of thiophene rings is 2. The molecule has 12 nitrogen and oxygen atoms in total. The topological polar surface area (TPSA) is 158 Å². The average molecular weight is 928 g/mol. The van der Waals surface area contributed by atoms with Gasteiger partial charge in [0.15, 0.2) is 22.9 Å². The number of carbonyl (C=O) groups excluding carboxylic acids is 2. The van der Waals surface area contributed by atoms with E-state index in [0.29, 0.717) is 71.4 Å². The monoisotopic (exact) mass is 926 g/mol. The van der Waals surface area contributed by atoms with Crippen LogP contribution in [-0.2, 0) is 0 Å². The molecule has 8 aromatic rings. The van der Waals surface area contributed by atoms with Gasteiger partial charge in [-0.25, -0.2) is 23.4 Å². The molecule has 0 amide bonds. The summed E-state index contributed by atoms with van der Waals surface area (Å²) in [7, 11) is 0. The number of rotatable bonds is 16. The van der Waals surface area contributed by atoms with Crippen LogP contribution >= 0.6 is 38.6 Å². The molecule has 0 bridgehead atoms. The van der Waals surface area contributed by atoms with Crippen LogP contribution in [0.4, 0.5) is 8.78 Å². The Labute approximate surface area is 368 Å². The summed E-state index contributed by atoms with van der Waals surface area (Å²) in [5.41, 5.74) is 13.1. The lowest BCUT2D eigenvalue weighted by molar-refractivity contribution is 0.0969. The summed E-state index contributed by atoms with van der Waals surface area (Å²) in [6.45, 7) is 3.50. The Morgan fingerprint density at radius 3 is 1.66 bits per heavy atom. The molecule has 0 fully saturated rings. The van der Waals surface area contributed by atoms with Gasteiger partial charge in [0, 0.05) is 72.7 Å². The zero-order valence-electron chi connectivity index (χ0n) is 33.6. The molecule has 0 unspecified atom stereocenters. The lowest BCUT2D eigenvalue weighted by Crippen LogP contribution is -2.28.